The summed E-state index contributed by atoms with van der Waals surface area (Å²) in [7, 11) is 1.57. The molecule has 3 aromatic carbocycles. The molecule has 7 nitrogen and oxygen atoms in total. The maximum atomic E-state index is 12.2. The molecule has 3 rings (SSSR count). The Morgan fingerprint density at radius 2 is 1.69 bits per heavy atom. The molecule has 32 heavy (non-hydrogen) atoms. The van der Waals surface area contributed by atoms with Crippen LogP contribution in [0, 0.1) is 6.92 Å². The molecule has 2 amide bonds. The number of hydrazone groups is 1. The third-order valence-electron chi connectivity index (χ3n) is 4.55. The number of hydrogen-bond acceptors (Lipinski definition) is 5. The van der Waals surface area contributed by atoms with Crippen LogP contribution in [0.15, 0.2) is 71.8 Å². The molecule has 2 N–H and O–H groups in total. The Morgan fingerprint density at radius 1 is 0.969 bits per heavy atom. The van der Waals surface area contributed by atoms with Crippen molar-refractivity contribution >= 4 is 23.7 Å². The molecule has 0 aliphatic carbocycles. The Balaban J connectivity index is 1.58. The average Bonchev–Trinajstić information content (AvgIpc) is 2.79. The zero-order valence-corrected chi connectivity index (χ0v) is 18.2. The van der Waals surface area contributed by atoms with Crippen LogP contribution in [0.3, 0.4) is 0 Å². The molecule has 0 aliphatic heterocycles. The summed E-state index contributed by atoms with van der Waals surface area (Å²) in [6, 6.07) is 20.1. The summed E-state index contributed by atoms with van der Waals surface area (Å²) >= 11 is 0. The minimum Gasteiger partial charge on any atom is -0.493 e. The fourth-order valence-electron chi connectivity index (χ4n) is 2.87. The normalized spacial score (nSPS) is 10.6. The molecule has 164 valence electrons. The lowest BCUT2D eigenvalue weighted by Gasteiger charge is -2.11. The zero-order valence-electron chi connectivity index (χ0n) is 18.2. The van der Waals surface area contributed by atoms with Gasteiger partial charge in [-0.2, -0.15) is 5.10 Å². The molecule has 7 heteroatoms. The molecular formula is C25H25N3O4. The second-order valence-corrected chi connectivity index (χ2v) is 7.14. The lowest BCUT2D eigenvalue weighted by atomic mass is 10.2. The van der Waals surface area contributed by atoms with Gasteiger partial charge < -0.3 is 14.8 Å². The lowest BCUT2D eigenvalue weighted by Crippen LogP contribution is -2.17. The number of rotatable bonds is 8. The molecule has 0 aliphatic rings. The van der Waals surface area contributed by atoms with Crippen molar-refractivity contribution in [1.29, 1.82) is 0 Å². The number of amides is 2. The van der Waals surface area contributed by atoms with Gasteiger partial charge in [0.1, 0.15) is 6.61 Å². The molecule has 0 fully saturated rings. The molecule has 0 aromatic heterocycles. The minimum absolute atomic E-state index is 0.172. The SMILES string of the molecule is COc1cc(/C=N\NC(=O)c2ccc(NC(C)=O)cc2)ccc1OCc1ccc(C)cc1. The predicted molar refractivity (Wildman–Crippen MR) is 124 cm³/mol. The molecule has 0 saturated heterocycles. The van der Waals surface area contributed by atoms with Crippen LogP contribution in [-0.4, -0.2) is 25.1 Å². The van der Waals surface area contributed by atoms with E-state index in [-0.39, 0.29) is 11.8 Å². The number of ether oxygens (including phenoxy) is 2. The first kappa shape index (κ1) is 22.6. The molecule has 0 atom stereocenters. The van der Waals surface area contributed by atoms with Gasteiger partial charge in [-0.15, -0.1) is 0 Å². The average molecular weight is 431 g/mol. The molecule has 0 radical (unpaired) electrons. The number of carbonyl (C=O) groups is 2. The van der Waals surface area contributed by atoms with Crippen molar-refractivity contribution < 1.29 is 19.1 Å². The van der Waals surface area contributed by atoms with Crippen LogP contribution < -0.4 is 20.2 Å². The van der Waals surface area contributed by atoms with Gasteiger partial charge in [0.15, 0.2) is 11.5 Å². The molecular weight excluding hydrogens is 406 g/mol. The van der Waals surface area contributed by atoms with Crippen molar-refractivity contribution in [2.45, 2.75) is 20.5 Å². The van der Waals surface area contributed by atoms with Crippen molar-refractivity contribution in [3.05, 3.63) is 89.0 Å². The second-order valence-electron chi connectivity index (χ2n) is 7.14. The van der Waals surface area contributed by atoms with Gasteiger partial charge in [-0.3, -0.25) is 9.59 Å². The van der Waals surface area contributed by atoms with Gasteiger partial charge in [-0.1, -0.05) is 29.8 Å². The molecule has 0 spiro atoms. The van der Waals surface area contributed by atoms with Crippen LogP contribution in [0.1, 0.15) is 34.0 Å². The minimum atomic E-state index is -0.361. The van der Waals surface area contributed by atoms with E-state index in [0.717, 1.165) is 11.1 Å². The fraction of sp³-hybridized carbons (Fsp3) is 0.160. The topological polar surface area (TPSA) is 89.0 Å². The Kier molecular flexibility index (Phi) is 7.59. The smallest absolute Gasteiger partial charge is 0.271 e. The van der Waals surface area contributed by atoms with E-state index < -0.39 is 0 Å². The number of nitrogens with one attached hydrogen (secondary N) is 2. The standard InChI is InChI=1S/C25H25N3O4/c1-17-4-6-19(7-5-17)16-32-23-13-8-20(14-24(23)31-3)15-26-28-25(30)21-9-11-22(12-10-21)27-18(2)29/h4-15H,16H2,1-3H3,(H,27,29)(H,28,30)/b26-15-. The first-order valence-corrected chi connectivity index (χ1v) is 10.0. The number of carbonyl (C=O) groups excluding carboxylic acids is 2. The molecule has 0 saturated carbocycles. The van der Waals surface area contributed by atoms with Gasteiger partial charge in [-0.05, 0) is 60.5 Å². The van der Waals surface area contributed by atoms with Crippen LogP contribution in [0.25, 0.3) is 0 Å². The molecule has 0 heterocycles. The van der Waals surface area contributed by atoms with Crippen molar-refractivity contribution in [3.63, 3.8) is 0 Å². The van der Waals surface area contributed by atoms with Gasteiger partial charge in [0.2, 0.25) is 5.91 Å². The fourth-order valence-corrected chi connectivity index (χ4v) is 2.87. The largest absolute Gasteiger partial charge is 0.493 e. The molecule has 0 bridgehead atoms. The monoisotopic (exact) mass is 431 g/mol. The van der Waals surface area contributed by atoms with Gasteiger partial charge in [0.05, 0.1) is 13.3 Å². The summed E-state index contributed by atoms with van der Waals surface area (Å²) in [5.74, 6) is 0.656. The van der Waals surface area contributed by atoms with Gasteiger partial charge in [0, 0.05) is 18.2 Å². The van der Waals surface area contributed by atoms with Crippen LogP contribution in [-0.2, 0) is 11.4 Å². The Hall–Kier alpha value is -4.13. The second kappa shape index (κ2) is 10.8. The number of hydrogen-bond donors (Lipinski definition) is 2. The molecule has 0 unspecified atom stereocenters. The lowest BCUT2D eigenvalue weighted by molar-refractivity contribution is -0.114. The summed E-state index contributed by atoms with van der Waals surface area (Å²) in [5, 5.41) is 6.65. The van der Waals surface area contributed by atoms with Crippen molar-refractivity contribution in [2.75, 3.05) is 12.4 Å². The number of aryl methyl sites for hydroxylation is 1. The quantitative estimate of drug-likeness (QED) is 0.411. The van der Waals surface area contributed by atoms with Crippen LogP contribution >= 0.6 is 0 Å². The van der Waals surface area contributed by atoms with E-state index in [2.05, 4.69) is 15.8 Å². The van der Waals surface area contributed by atoms with Crippen molar-refractivity contribution in [3.8, 4) is 11.5 Å². The van der Waals surface area contributed by atoms with Crippen molar-refractivity contribution in [2.24, 2.45) is 5.10 Å². The van der Waals surface area contributed by atoms with Crippen molar-refractivity contribution in [1.82, 2.24) is 5.43 Å². The highest BCUT2D eigenvalue weighted by Gasteiger charge is 2.07. The van der Waals surface area contributed by atoms with Gasteiger partial charge in [0.25, 0.3) is 5.91 Å². The maximum absolute atomic E-state index is 12.2. The Labute approximate surface area is 187 Å². The Bertz CT molecular complexity index is 1110. The van der Waals surface area contributed by atoms with E-state index >= 15 is 0 Å². The van der Waals surface area contributed by atoms with E-state index in [1.54, 1.807) is 43.5 Å². The van der Waals surface area contributed by atoms with Crippen LogP contribution in [0.2, 0.25) is 0 Å². The zero-order chi connectivity index (χ0) is 22.9. The highest BCUT2D eigenvalue weighted by Crippen LogP contribution is 2.28. The van der Waals surface area contributed by atoms with Crippen LogP contribution in [0.4, 0.5) is 5.69 Å². The highest BCUT2D eigenvalue weighted by atomic mass is 16.5. The van der Waals surface area contributed by atoms with Gasteiger partial charge >= 0.3 is 0 Å². The van der Waals surface area contributed by atoms with E-state index in [4.69, 9.17) is 9.47 Å². The highest BCUT2D eigenvalue weighted by molar-refractivity contribution is 5.96. The predicted octanol–water partition coefficient (Wildman–Crippen LogP) is 4.30. The first-order valence-electron chi connectivity index (χ1n) is 10.0. The van der Waals surface area contributed by atoms with E-state index in [0.29, 0.717) is 29.4 Å². The third kappa shape index (κ3) is 6.43. The third-order valence-corrected chi connectivity index (χ3v) is 4.55. The van der Waals surface area contributed by atoms with Crippen LogP contribution in [0.5, 0.6) is 11.5 Å². The number of methoxy groups -OCH3 is 1. The summed E-state index contributed by atoms with van der Waals surface area (Å²) in [6.07, 6.45) is 1.52. The maximum Gasteiger partial charge on any atom is 0.271 e. The summed E-state index contributed by atoms with van der Waals surface area (Å²) < 4.78 is 11.3. The summed E-state index contributed by atoms with van der Waals surface area (Å²) in [6.45, 7) is 3.90. The van der Waals surface area contributed by atoms with E-state index in [9.17, 15) is 9.59 Å². The van der Waals surface area contributed by atoms with E-state index in [1.807, 2.05) is 37.3 Å². The van der Waals surface area contributed by atoms with Gasteiger partial charge in [-0.25, -0.2) is 5.43 Å². The number of anilines is 1. The number of nitrogens with zero attached hydrogens (tertiary/aromatic N) is 1. The summed E-state index contributed by atoms with van der Waals surface area (Å²) in [5.41, 5.74) is 6.53. The first-order chi connectivity index (χ1) is 15.4. The number of benzene rings is 3. The summed E-state index contributed by atoms with van der Waals surface area (Å²) in [4.78, 5) is 23.3. The van der Waals surface area contributed by atoms with E-state index in [1.165, 1.54) is 18.7 Å². The molecule has 3 aromatic rings. The Morgan fingerprint density at radius 3 is 2.34 bits per heavy atom.